The molecule has 0 saturated heterocycles. The number of hydrogen-bond acceptors (Lipinski definition) is 3. The van der Waals surface area contributed by atoms with Crippen molar-refractivity contribution in [2.24, 2.45) is 5.73 Å². The lowest BCUT2D eigenvalue weighted by atomic mass is 10.0. The van der Waals surface area contributed by atoms with Crippen LogP contribution in [0.3, 0.4) is 0 Å². The van der Waals surface area contributed by atoms with Gasteiger partial charge in [0.15, 0.2) is 0 Å². The van der Waals surface area contributed by atoms with Crippen LogP contribution in [0, 0.1) is 0 Å². The van der Waals surface area contributed by atoms with Gasteiger partial charge < -0.3 is 10.8 Å². The van der Waals surface area contributed by atoms with E-state index < -0.39 is 0 Å². The minimum atomic E-state index is 0.0885. The van der Waals surface area contributed by atoms with Gasteiger partial charge in [-0.3, -0.25) is 4.90 Å². The van der Waals surface area contributed by atoms with Crippen LogP contribution in [-0.2, 0) is 0 Å². The van der Waals surface area contributed by atoms with Gasteiger partial charge in [0, 0.05) is 18.1 Å². The molecule has 92 valence electrons. The van der Waals surface area contributed by atoms with E-state index in [1.165, 1.54) is 0 Å². The van der Waals surface area contributed by atoms with Crippen LogP contribution in [0.5, 0.6) is 0 Å². The Bertz CT molecular complexity index is 149. The molecule has 3 nitrogen and oxygen atoms in total. The highest BCUT2D eigenvalue weighted by Gasteiger charge is 2.24. The maximum Gasteiger partial charge on any atom is 0.0601 e. The maximum absolute atomic E-state index is 9.41. The fraction of sp³-hybridized carbons (Fsp3) is 1.00. The van der Waals surface area contributed by atoms with E-state index in [2.05, 4.69) is 32.7 Å². The van der Waals surface area contributed by atoms with Gasteiger partial charge in [0.05, 0.1) is 6.61 Å². The van der Waals surface area contributed by atoms with Gasteiger partial charge in [0.1, 0.15) is 0 Å². The average Bonchev–Trinajstić information content (AvgIpc) is 2.21. The Balaban J connectivity index is 4.36. The summed E-state index contributed by atoms with van der Waals surface area (Å²) in [7, 11) is 2.08. The van der Waals surface area contributed by atoms with Crippen LogP contribution in [0.1, 0.15) is 46.5 Å². The lowest BCUT2D eigenvalue weighted by Crippen LogP contribution is -2.51. The Labute approximate surface area is 94.6 Å². The van der Waals surface area contributed by atoms with Crippen LogP contribution in [-0.4, -0.2) is 41.8 Å². The van der Waals surface area contributed by atoms with Crippen molar-refractivity contribution in [3.8, 4) is 0 Å². The van der Waals surface area contributed by atoms with Crippen molar-refractivity contribution in [2.75, 3.05) is 13.7 Å². The number of nitrogens with two attached hydrogens (primary N) is 1. The van der Waals surface area contributed by atoms with Crippen molar-refractivity contribution in [3.63, 3.8) is 0 Å². The molecule has 0 bridgehead atoms. The molecule has 0 saturated carbocycles. The Hall–Kier alpha value is -0.120. The second-order valence-electron chi connectivity index (χ2n) is 4.34. The Morgan fingerprint density at radius 3 is 2.07 bits per heavy atom. The summed E-state index contributed by atoms with van der Waals surface area (Å²) in [6, 6.07) is 0.727. The predicted octanol–water partition coefficient (Wildman–Crippen LogP) is 1.60. The summed E-state index contributed by atoms with van der Waals surface area (Å²) in [6.45, 7) is 6.66. The van der Waals surface area contributed by atoms with E-state index in [-0.39, 0.29) is 18.7 Å². The Morgan fingerprint density at radius 1 is 1.20 bits per heavy atom. The summed E-state index contributed by atoms with van der Waals surface area (Å²) >= 11 is 0. The van der Waals surface area contributed by atoms with Crippen LogP contribution in [0.2, 0.25) is 0 Å². The first-order valence-electron chi connectivity index (χ1n) is 6.20. The molecular formula is C12H28N2O. The van der Waals surface area contributed by atoms with Gasteiger partial charge in [-0.15, -0.1) is 0 Å². The van der Waals surface area contributed by atoms with Crippen LogP contribution < -0.4 is 5.73 Å². The molecule has 0 rings (SSSR count). The molecule has 3 heteroatoms. The van der Waals surface area contributed by atoms with Gasteiger partial charge in [0.2, 0.25) is 0 Å². The molecule has 0 radical (unpaired) electrons. The van der Waals surface area contributed by atoms with E-state index in [4.69, 9.17) is 5.73 Å². The zero-order chi connectivity index (χ0) is 11.8. The Kier molecular flexibility index (Phi) is 8.02. The molecule has 0 aromatic rings. The van der Waals surface area contributed by atoms with Gasteiger partial charge >= 0.3 is 0 Å². The highest BCUT2D eigenvalue weighted by atomic mass is 16.3. The summed E-state index contributed by atoms with van der Waals surface area (Å²) < 4.78 is 0. The van der Waals surface area contributed by atoms with Gasteiger partial charge in [-0.1, -0.05) is 27.2 Å². The third-order valence-electron chi connectivity index (χ3n) is 3.34. The number of aliphatic hydroxyl groups excluding tert-OH is 1. The van der Waals surface area contributed by atoms with Gasteiger partial charge in [-0.05, 0) is 26.3 Å². The first-order valence-corrected chi connectivity index (χ1v) is 6.20. The third kappa shape index (κ3) is 4.49. The maximum atomic E-state index is 9.41. The van der Waals surface area contributed by atoms with Crippen LogP contribution in [0.25, 0.3) is 0 Å². The van der Waals surface area contributed by atoms with E-state index in [0.29, 0.717) is 6.04 Å². The van der Waals surface area contributed by atoms with Crippen LogP contribution in [0.4, 0.5) is 0 Å². The number of aliphatic hydroxyl groups is 1. The fourth-order valence-corrected chi connectivity index (χ4v) is 2.23. The first-order chi connectivity index (χ1) is 7.12. The lowest BCUT2D eigenvalue weighted by Gasteiger charge is -2.36. The molecule has 0 fully saturated rings. The van der Waals surface area contributed by atoms with Crippen molar-refractivity contribution < 1.29 is 5.11 Å². The van der Waals surface area contributed by atoms with Crippen molar-refractivity contribution in [1.82, 2.24) is 4.90 Å². The number of nitrogens with zero attached hydrogens (tertiary/aromatic N) is 1. The van der Waals surface area contributed by atoms with Gasteiger partial charge in [-0.25, -0.2) is 0 Å². The molecule has 0 aliphatic carbocycles. The van der Waals surface area contributed by atoms with Crippen molar-refractivity contribution >= 4 is 0 Å². The number of likely N-dealkylation sites (N-methyl/N-ethyl adjacent to an activating group) is 1. The van der Waals surface area contributed by atoms with Crippen LogP contribution in [0.15, 0.2) is 0 Å². The third-order valence-corrected chi connectivity index (χ3v) is 3.34. The topological polar surface area (TPSA) is 49.5 Å². The van der Waals surface area contributed by atoms with Crippen molar-refractivity contribution in [1.29, 1.82) is 0 Å². The molecule has 0 aliphatic rings. The SMILES string of the molecule is CCCC(N)C(CO)N(C)C(CC)CC. The van der Waals surface area contributed by atoms with Crippen molar-refractivity contribution in [2.45, 2.75) is 64.6 Å². The first kappa shape index (κ1) is 14.9. The summed E-state index contributed by atoms with van der Waals surface area (Å²) in [5, 5.41) is 9.41. The van der Waals surface area contributed by atoms with E-state index in [0.717, 1.165) is 25.7 Å². The minimum Gasteiger partial charge on any atom is -0.395 e. The monoisotopic (exact) mass is 216 g/mol. The molecular weight excluding hydrogens is 188 g/mol. The van der Waals surface area contributed by atoms with E-state index in [1.54, 1.807) is 0 Å². The van der Waals surface area contributed by atoms with Crippen LogP contribution >= 0.6 is 0 Å². The average molecular weight is 216 g/mol. The smallest absolute Gasteiger partial charge is 0.0601 e. The predicted molar refractivity (Wildman–Crippen MR) is 65.9 cm³/mol. The van der Waals surface area contributed by atoms with Gasteiger partial charge in [-0.2, -0.15) is 0 Å². The molecule has 2 unspecified atom stereocenters. The zero-order valence-electron chi connectivity index (χ0n) is 10.7. The largest absolute Gasteiger partial charge is 0.395 e. The van der Waals surface area contributed by atoms with Gasteiger partial charge in [0.25, 0.3) is 0 Å². The van der Waals surface area contributed by atoms with E-state index in [9.17, 15) is 5.11 Å². The quantitative estimate of drug-likeness (QED) is 0.648. The van der Waals surface area contributed by atoms with Crippen molar-refractivity contribution in [3.05, 3.63) is 0 Å². The molecule has 2 atom stereocenters. The van der Waals surface area contributed by atoms with E-state index >= 15 is 0 Å². The molecule has 0 aromatic carbocycles. The molecule has 0 spiro atoms. The normalized spacial score (nSPS) is 16.0. The molecule has 0 aliphatic heterocycles. The summed E-state index contributed by atoms with van der Waals surface area (Å²) in [4.78, 5) is 2.25. The molecule has 0 amide bonds. The van der Waals surface area contributed by atoms with E-state index in [1.807, 2.05) is 0 Å². The highest BCUT2D eigenvalue weighted by Crippen LogP contribution is 2.14. The fourth-order valence-electron chi connectivity index (χ4n) is 2.23. The summed E-state index contributed by atoms with van der Waals surface area (Å²) in [5.41, 5.74) is 6.09. The Morgan fingerprint density at radius 2 is 1.73 bits per heavy atom. The molecule has 3 N–H and O–H groups in total. The lowest BCUT2D eigenvalue weighted by molar-refractivity contribution is 0.0845. The highest BCUT2D eigenvalue weighted by molar-refractivity contribution is 4.83. The standard InChI is InChI=1S/C12H28N2O/c1-5-8-11(13)12(9-15)14(4)10(6-2)7-3/h10-12,15H,5-9,13H2,1-4H3. The number of hydrogen-bond donors (Lipinski definition) is 2. The number of rotatable bonds is 8. The summed E-state index contributed by atoms with van der Waals surface area (Å²) in [6.07, 6.45) is 4.29. The minimum absolute atomic E-state index is 0.0885. The second kappa shape index (κ2) is 8.08. The molecule has 0 aromatic heterocycles. The zero-order valence-corrected chi connectivity index (χ0v) is 10.7. The second-order valence-corrected chi connectivity index (χ2v) is 4.34. The molecule has 15 heavy (non-hydrogen) atoms. The summed E-state index contributed by atoms with van der Waals surface area (Å²) in [5.74, 6) is 0. The molecule has 0 heterocycles.